The van der Waals surface area contributed by atoms with E-state index in [4.69, 9.17) is 0 Å². The van der Waals surface area contributed by atoms with Gasteiger partial charge in [0.05, 0.1) is 11.5 Å². The minimum atomic E-state index is -0.474. The average molecular weight is 355 g/mol. The fourth-order valence-corrected chi connectivity index (χ4v) is 3.44. The van der Waals surface area contributed by atoms with Crippen molar-refractivity contribution in [3.05, 3.63) is 75.8 Å². The van der Waals surface area contributed by atoms with Gasteiger partial charge in [-0.25, -0.2) is 0 Å². The SMILES string of the molecule is O=C(c1ccc([N+](=O)[O-])cc1)N1CCCSC1=NCc1ccccc1. The lowest BCUT2D eigenvalue weighted by molar-refractivity contribution is -0.384. The Kier molecular flexibility index (Phi) is 5.45. The van der Waals surface area contributed by atoms with Gasteiger partial charge in [-0.05, 0) is 24.1 Å². The fraction of sp³-hybridized carbons (Fsp3) is 0.222. The zero-order chi connectivity index (χ0) is 17.6. The van der Waals surface area contributed by atoms with E-state index in [0.717, 1.165) is 17.7 Å². The van der Waals surface area contributed by atoms with Crippen molar-refractivity contribution >= 4 is 28.5 Å². The first-order chi connectivity index (χ1) is 12.1. The van der Waals surface area contributed by atoms with Gasteiger partial charge in [0.25, 0.3) is 11.6 Å². The number of amidine groups is 1. The van der Waals surface area contributed by atoms with Crippen molar-refractivity contribution in [1.82, 2.24) is 4.90 Å². The Hall–Kier alpha value is -2.67. The Morgan fingerprint density at radius 3 is 2.56 bits per heavy atom. The first-order valence-electron chi connectivity index (χ1n) is 7.92. The van der Waals surface area contributed by atoms with Gasteiger partial charge >= 0.3 is 0 Å². The Labute approximate surface area is 149 Å². The first kappa shape index (κ1) is 17.2. The number of thioether (sulfide) groups is 1. The number of hydrogen-bond donors (Lipinski definition) is 0. The molecule has 0 bridgehead atoms. The van der Waals surface area contributed by atoms with Crippen molar-refractivity contribution in [2.24, 2.45) is 4.99 Å². The molecule has 7 heteroatoms. The van der Waals surface area contributed by atoms with E-state index in [0.29, 0.717) is 23.8 Å². The van der Waals surface area contributed by atoms with Crippen LogP contribution in [0.1, 0.15) is 22.3 Å². The number of non-ortho nitro benzene ring substituents is 1. The van der Waals surface area contributed by atoms with E-state index >= 15 is 0 Å². The number of nitrogens with zero attached hydrogens (tertiary/aromatic N) is 3. The molecule has 6 nitrogen and oxygen atoms in total. The van der Waals surface area contributed by atoms with Crippen LogP contribution in [0.25, 0.3) is 0 Å². The van der Waals surface area contributed by atoms with Crippen LogP contribution < -0.4 is 0 Å². The summed E-state index contributed by atoms with van der Waals surface area (Å²) in [7, 11) is 0. The van der Waals surface area contributed by atoms with E-state index in [1.807, 2.05) is 30.3 Å². The average Bonchev–Trinajstić information content (AvgIpc) is 2.67. The van der Waals surface area contributed by atoms with Crippen molar-refractivity contribution in [2.75, 3.05) is 12.3 Å². The van der Waals surface area contributed by atoms with Crippen LogP contribution in [0.4, 0.5) is 5.69 Å². The normalized spacial score (nSPS) is 16.0. The quantitative estimate of drug-likeness (QED) is 0.618. The zero-order valence-electron chi connectivity index (χ0n) is 13.5. The van der Waals surface area contributed by atoms with Crippen LogP contribution in [0.15, 0.2) is 59.6 Å². The number of benzene rings is 2. The molecule has 0 atom stereocenters. The third kappa shape index (κ3) is 4.24. The molecule has 0 unspecified atom stereocenters. The summed E-state index contributed by atoms with van der Waals surface area (Å²) >= 11 is 1.57. The number of aliphatic imine (C=N–C) groups is 1. The summed E-state index contributed by atoms with van der Waals surface area (Å²) in [5.74, 6) is 0.756. The monoisotopic (exact) mass is 355 g/mol. The van der Waals surface area contributed by atoms with E-state index in [9.17, 15) is 14.9 Å². The van der Waals surface area contributed by atoms with Crippen LogP contribution in [0.5, 0.6) is 0 Å². The molecule has 3 rings (SSSR count). The summed E-state index contributed by atoms with van der Waals surface area (Å²) in [5.41, 5.74) is 1.49. The fourth-order valence-electron chi connectivity index (χ4n) is 2.50. The molecule has 1 heterocycles. The number of amides is 1. The second-order valence-corrected chi connectivity index (χ2v) is 6.61. The van der Waals surface area contributed by atoms with Gasteiger partial charge in [-0.1, -0.05) is 42.1 Å². The second kappa shape index (κ2) is 7.94. The number of carbonyl (C=O) groups is 1. The van der Waals surface area contributed by atoms with Gasteiger partial charge in [-0.2, -0.15) is 0 Å². The Morgan fingerprint density at radius 2 is 1.88 bits per heavy atom. The number of nitro groups is 1. The van der Waals surface area contributed by atoms with Crippen molar-refractivity contribution in [2.45, 2.75) is 13.0 Å². The summed E-state index contributed by atoms with van der Waals surface area (Å²) in [6.07, 6.45) is 0.897. The molecule has 2 aromatic carbocycles. The summed E-state index contributed by atoms with van der Waals surface area (Å²) in [4.78, 5) is 29.3. The van der Waals surface area contributed by atoms with Crippen molar-refractivity contribution < 1.29 is 9.72 Å². The highest BCUT2D eigenvalue weighted by molar-refractivity contribution is 8.13. The van der Waals surface area contributed by atoms with E-state index in [2.05, 4.69) is 4.99 Å². The number of carbonyl (C=O) groups excluding carboxylic acids is 1. The zero-order valence-corrected chi connectivity index (χ0v) is 14.3. The molecule has 1 amide bonds. The van der Waals surface area contributed by atoms with Crippen LogP contribution in [0, 0.1) is 10.1 Å². The van der Waals surface area contributed by atoms with E-state index < -0.39 is 4.92 Å². The molecular formula is C18H17N3O3S. The highest BCUT2D eigenvalue weighted by Crippen LogP contribution is 2.22. The number of nitro benzene ring substituents is 1. The maximum Gasteiger partial charge on any atom is 0.269 e. The molecule has 0 radical (unpaired) electrons. The van der Waals surface area contributed by atoms with Crippen LogP contribution in [0.2, 0.25) is 0 Å². The summed E-state index contributed by atoms with van der Waals surface area (Å²) < 4.78 is 0. The smallest absolute Gasteiger partial charge is 0.269 e. The van der Waals surface area contributed by atoms with Gasteiger partial charge < -0.3 is 0 Å². The van der Waals surface area contributed by atoms with Gasteiger partial charge in [-0.3, -0.25) is 24.8 Å². The molecule has 0 aliphatic carbocycles. The van der Waals surface area contributed by atoms with E-state index in [1.165, 1.54) is 24.3 Å². The van der Waals surface area contributed by atoms with Crippen LogP contribution in [0.3, 0.4) is 0 Å². The Morgan fingerprint density at radius 1 is 1.16 bits per heavy atom. The molecule has 1 aliphatic heterocycles. The van der Waals surface area contributed by atoms with E-state index in [1.54, 1.807) is 16.7 Å². The van der Waals surface area contributed by atoms with Gasteiger partial charge in [0, 0.05) is 30.0 Å². The van der Waals surface area contributed by atoms with Crippen molar-refractivity contribution in [3.63, 3.8) is 0 Å². The van der Waals surface area contributed by atoms with Gasteiger partial charge in [-0.15, -0.1) is 0 Å². The van der Waals surface area contributed by atoms with Crippen molar-refractivity contribution in [3.8, 4) is 0 Å². The molecular weight excluding hydrogens is 338 g/mol. The van der Waals surface area contributed by atoms with Gasteiger partial charge in [0.15, 0.2) is 5.17 Å². The summed E-state index contributed by atoms with van der Waals surface area (Å²) in [6, 6.07) is 15.6. The van der Waals surface area contributed by atoms with Crippen LogP contribution in [-0.2, 0) is 6.54 Å². The maximum atomic E-state index is 12.8. The summed E-state index contributed by atoms with van der Waals surface area (Å²) in [6.45, 7) is 1.13. The lowest BCUT2D eigenvalue weighted by Crippen LogP contribution is -2.39. The Bertz CT molecular complexity index is 791. The molecule has 128 valence electrons. The Balaban J connectivity index is 1.77. The first-order valence-corrected chi connectivity index (χ1v) is 8.91. The third-order valence-electron chi connectivity index (χ3n) is 3.80. The molecule has 0 N–H and O–H groups in total. The lowest BCUT2D eigenvalue weighted by Gasteiger charge is -2.27. The lowest BCUT2D eigenvalue weighted by atomic mass is 10.2. The second-order valence-electron chi connectivity index (χ2n) is 5.55. The standard InChI is InChI=1S/C18H17N3O3S/c22-17(15-7-9-16(10-8-15)21(23)24)20-11-4-12-25-18(20)19-13-14-5-2-1-3-6-14/h1-3,5-10H,4,11-13H2. The molecule has 0 aromatic heterocycles. The molecule has 1 aliphatic rings. The maximum absolute atomic E-state index is 12.8. The van der Waals surface area contributed by atoms with E-state index in [-0.39, 0.29) is 11.6 Å². The minimum absolute atomic E-state index is 0.0254. The van der Waals surface area contributed by atoms with Gasteiger partial charge in [0.2, 0.25) is 0 Å². The molecule has 1 saturated heterocycles. The van der Waals surface area contributed by atoms with Crippen LogP contribution >= 0.6 is 11.8 Å². The van der Waals surface area contributed by atoms with Crippen molar-refractivity contribution in [1.29, 1.82) is 0 Å². The minimum Gasteiger partial charge on any atom is -0.287 e. The molecule has 0 spiro atoms. The molecule has 0 saturated carbocycles. The molecule has 25 heavy (non-hydrogen) atoms. The predicted molar refractivity (Wildman–Crippen MR) is 98.8 cm³/mol. The largest absolute Gasteiger partial charge is 0.287 e. The molecule has 1 fully saturated rings. The molecule has 2 aromatic rings. The number of rotatable bonds is 4. The summed E-state index contributed by atoms with van der Waals surface area (Å²) in [5, 5.41) is 11.5. The highest BCUT2D eigenvalue weighted by atomic mass is 32.2. The van der Waals surface area contributed by atoms with Gasteiger partial charge in [0.1, 0.15) is 0 Å². The predicted octanol–water partition coefficient (Wildman–Crippen LogP) is 3.73. The topological polar surface area (TPSA) is 75.8 Å². The third-order valence-corrected chi connectivity index (χ3v) is 4.90. The highest BCUT2D eigenvalue weighted by Gasteiger charge is 2.25. The number of hydrogen-bond acceptors (Lipinski definition) is 5. The van der Waals surface area contributed by atoms with Crippen LogP contribution in [-0.4, -0.2) is 33.2 Å².